The summed E-state index contributed by atoms with van der Waals surface area (Å²) in [4.78, 5) is 9.44. The molecular weight excluding hydrogens is 108 g/mol. The van der Waals surface area contributed by atoms with Crippen molar-refractivity contribution in [2.24, 2.45) is 0 Å². The Labute approximate surface area is 47.3 Å². The molecular formula is C5H7O3. The summed E-state index contributed by atoms with van der Waals surface area (Å²) < 4.78 is 0. The Bertz CT molecular complexity index is 102. The fourth-order valence-corrected chi connectivity index (χ4v) is 0.205. The zero-order valence-corrected chi connectivity index (χ0v) is 4.50. The summed E-state index contributed by atoms with van der Waals surface area (Å²) in [5, 5.41) is 18.7. The SMILES string of the molecule is CC([O])C(O)C=C=O. The first kappa shape index (κ1) is 7.37. The van der Waals surface area contributed by atoms with E-state index in [1.807, 2.05) is 0 Å². The van der Waals surface area contributed by atoms with Crippen LogP contribution in [0.1, 0.15) is 6.92 Å². The van der Waals surface area contributed by atoms with E-state index in [0.717, 1.165) is 6.08 Å². The standard InChI is InChI=1S/C5H7O3/c1-4(7)5(8)2-3-6/h2,4-5,8H,1H3. The molecule has 0 aliphatic rings. The highest BCUT2D eigenvalue weighted by Crippen LogP contribution is 1.90. The molecule has 0 bridgehead atoms. The Morgan fingerprint density at radius 2 is 2.25 bits per heavy atom. The monoisotopic (exact) mass is 115 g/mol. The molecule has 0 aromatic carbocycles. The summed E-state index contributed by atoms with van der Waals surface area (Å²) in [5.41, 5.74) is 0. The van der Waals surface area contributed by atoms with Crippen molar-refractivity contribution in [1.29, 1.82) is 0 Å². The zero-order chi connectivity index (χ0) is 6.57. The maximum Gasteiger partial charge on any atom is 0.122 e. The molecule has 3 heteroatoms. The predicted molar refractivity (Wildman–Crippen MR) is 26.4 cm³/mol. The van der Waals surface area contributed by atoms with Crippen molar-refractivity contribution in [2.75, 3.05) is 0 Å². The van der Waals surface area contributed by atoms with Crippen LogP contribution in [0, 0.1) is 0 Å². The van der Waals surface area contributed by atoms with E-state index in [0.29, 0.717) is 0 Å². The number of carbonyl (C=O) groups excluding carboxylic acids is 1. The predicted octanol–water partition coefficient (Wildman–Crippen LogP) is -0.446. The van der Waals surface area contributed by atoms with Gasteiger partial charge in [0, 0.05) is 6.08 Å². The Balaban J connectivity index is 3.63. The van der Waals surface area contributed by atoms with Crippen molar-refractivity contribution in [1.82, 2.24) is 0 Å². The fraction of sp³-hybridized carbons (Fsp3) is 0.600. The average molecular weight is 115 g/mol. The largest absolute Gasteiger partial charge is 0.385 e. The molecule has 0 amide bonds. The Morgan fingerprint density at radius 1 is 1.75 bits per heavy atom. The van der Waals surface area contributed by atoms with E-state index in [2.05, 4.69) is 0 Å². The van der Waals surface area contributed by atoms with Crippen molar-refractivity contribution in [2.45, 2.75) is 19.1 Å². The number of aliphatic hydroxyl groups excluding tert-OH is 1. The molecule has 0 aliphatic carbocycles. The maximum absolute atomic E-state index is 10.2. The van der Waals surface area contributed by atoms with Crippen molar-refractivity contribution in [3.05, 3.63) is 6.08 Å². The molecule has 0 aliphatic heterocycles. The third-order valence-electron chi connectivity index (χ3n) is 0.720. The quantitative estimate of drug-likeness (QED) is 0.496. The van der Waals surface area contributed by atoms with Gasteiger partial charge in [-0.2, -0.15) is 0 Å². The van der Waals surface area contributed by atoms with Crippen LogP contribution in [0.4, 0.5) is 0 Å². The highest BCUT2D eigenvalue weighted by Gasteiger charge is 2.07. The van der Waals surface area contributed by atoms with Crippen LogP contribution >= 0.6 is 0 Å². The highest BCUT2D eigenvalue weighted by molar-refractivity contribution is 5.46. The van der Waals surface area contributed by atoms with E-state index in [1.54, 1.807) is 0 Å². The van der Waals surface area contributed by atoms with E-state index < -0.39 is 12.2 Å². The average Bonchev–Trinajstić information content (AvgIpc) is 1.67. The Morgan fingerprint density at radius 3 is 2.38 bits per heavy atom. The third-order valence-corrected chi connectivity index (χ3v) is 0.720. The summed E-state index contributed by atoms with van der Waals surface area (Å²) in [6.45, 7) is 1.28. The van der Waals surface area contributed by atoms with Gasteiger partial charge >= 0.3 is 0 Å². The first-order valence-corrected chi connectivity index (χ1v) is 2.23. The molecule has 0 saturated carbocycles. The van der Waals surface area contributed by atoms with Gasteiger partial charge in [0.1, 0.15) is 18.1 Å². The second-order valence-corrected chi connectivity index (χ2v) is 1.48. The molecule has 3 nitrogen and oxygen atoms in total. The van der Waals surface area contributed by atoms with Crippen molar-refractivity contribution >= 4 is 5.94 Å². The van der Waals surface area contributed by atoms with Crippen LogP contribution < -0.4 is 0 Å². The van der Waals surface area contributed by atoms with Gasteiger partial charge in [0.25, 0.3) is 0 Å². The molecule has 0 saturated heterocycles. The van der Waals surface area contributed by atoms with Gasteiger partial charge in [-0.1, -0.05) is 0 Å². The molecule has 8 heavy (non-hydrogen) atoms. The molecule has 0 aromatic rings. The fourth-order valence-electron chi connectivity index (χ4n) is 0.205. The van der Waals surface area contributed by atoms with Crippen LogP contribution in [-0.2, 0) is 9.90 Å². The first-order valence-electron chi connectivity index (χ1n) is 2.23. The molecule has 1 N–H and O–H groups in total. The lowest BCUT2D eigenvalue weighted by atomic mass is 10.2. The number of rotatable bonds is 2. The highest BCUT2D eigenvalue weighted by atomic mass is 16.3. The van der Waals surface area contributed by atoms with Crippen LogP contribution in [0.25, 0.3) is 0 Å². The van der Waals surface area contributed by atoms with Gasteiger partial charge in [-0.3, -0.25) is 0 Å². The summed E-state index contributed by atoms with van der Waals surface area (Å²) in [7, 11) is 0. The number of aliphatic hydroxyl groups is 1. The summed E-state index contributed by atoms with van der Waals surface area (Å²) in [6.07, 6.45) is -1.53. The minimum absolute atomic E-state index is 0.803. The van der Waals surface area contributed by atoms with Gasteiger partial charge in [-0.05, 0) is 6.92 Å². The van der Waals surface area contributed by atoms with E-state index in [1.165, 1.54) is 12.9 Å². The normalized spacial score (nSPS) is 16.4. The van der Waals surface area contributed by atoms with Crippen molar-refractivity contribution in [3.63, 3.8) is 0 Å². The van der Waals surface area contributed by atoms with Crippen molar-refractivity contribution in [3.8, 4) is 0 Å². The molecule has 0 aromatic heterocycles. The van der Waals surface area contributed by atoms with Gasteiger partial charge in [-0.15, -0.1) is 0 Å². The maximum atomic E-state index is 10.2. The van der Waals surface area contributed by atoms with Crippen LogP contribution in [0.5, 0.6) is 0 Å². The van der Waals surface area contributed by atoms with Gasteiger partial charge in [0.15, 0.2) is 0 Å². The van der Waals surface area contributed by atoms with Crippen LogP contribution in [0.2, 0.25) is 0 Å². The minimum Gasteiger partial charge on any atom is -0.385 e. The van der Waals surface area contributed by atoms with E-state index in [-0.39, 0.29) is 0 Å². The lowest BCUT2D eigenvalue weighted by molar-refractivity contribution is 0.0117. The van der Waals surface area contributed by atoms with E-state index in [9.17, 15) is 9.90 Å². The second kappa shape index (κ2) is 3.38. The summed E-state index contributed by atoms with van der Waals surface area (Å²) >= 11 is 0. The van der Waals surface area contributed by atoms with E-state index in [4.69, 9.17) is 5.11 Å². The lowest BCUT2D eigenvalue weighted by Crippen LogP contribution is -2.18. The first-order chi connectivity index (χ1) is 3.68. The second-order valence-electron chi connectivity index (χ2n) is 1.48. The topological polar surface area (TPSA) is 57.2 Å². The smallest absolute Gasteiger partial charge is 0.122 e. The van der Waals surface area contributed by atoms with Crippen LogP contribution in [-0.4, -0.2) is 23.3 Å². The van der Waals surface area contributed by atoms with Gasteiger partial charge in [0.05, 0.1) is 0 Å². The zero-order valence-electron chi connectivity index (χ0n) is 4.50. The summed E-state index contributed by atoms with van der Waals surface area (Å²) in [6, 6.07) is 0. The van der Waals surface area contributed by atoms with Crippen LogP contribution in [0.15, 0.2) is 6.08 Å². The van der Waals surface area contributed by atoms with E-state index >= 15 is 0 Å². The minimum atomic E-state index is -1.19. The van der Waals surface area contributed by atoms with Gasteiger partial charge in [-0.25, -0.2) is 9.90 Å². The molecule has 0 spiro atoms. The molecule has 0 fully saturated rings. The number of hydrogen-bond acceptors (Lipinski definition) is 2. The molecule has 0 rings (SSSR count). The Hall–Kier alpha value is -0.630. The molecule has 1 radical (unpaired) electrons. The van der Waals surface area contributed by atoms with Crippen LogP contribution in [0.3, 0.4) is 0 Å². The van der Waals surface area contributed by atoms with Gasteiger partial charge in [0.2, 0.25) is 0 Å². The molecule has 0 heterocycles. The molecule has 2 atom stereocenters. The molecule has 45 valence electrons. The molecule has 2 unspecified atom stereocenters. The van der Waals surface area contributed by atoms with Gasteiger partial charge < -0.3 is 5.11 Å². The van der Waals surface area contributed by atoms with Crippen molar-refractivity contribution < 1.29 is 15.0 Å². The summed E-state index contributed by atoms with van der Waals surface area (Å²) in [5.74, 6) is 1.32. The number of hydrogen-bond donors (Lipinski definition) is 1. The lowest BCUT2D eigenvalue weighted by Gasteiger charge is -2.01. The third kappa shape index (κ3) is 2.53. The Kier molecular flexibility index (Phi) is 3.12.